The first kappa shape index (κ1) is 34.7. The monoisotopic (exact) mass is 545 g/mol. The van der Waals surface area contributed by atoms with Gasteiger partial charge in [-0.3, -0.25) is 9.59 Å². The minimum atomic E-state index is -2.16. The van der Waals surface area contributed by atoms with E-state index in [4.69, 9.17) is 17.0 Å². The zero-order valence-electron chi connectivity index (χ0n) is 24.6. The van der Waals surface area contributed by atoms with Gasteiger partial charge in [0.05, 0.1) is 43.7 Å². The summed E-state index contributed by atoms with van der Waals surface area (Å²) in [5.41, 5.74) is 0. The van der Waals surface area contributed by atoms with E-state index in [1.807, 2.05) is 30.3 Å². The second-order valence-corrected chi connectivity index (χ2v) is 14.2. The van der Waals surface area contributed by atoms with E-state index in [9.17, 15) is 9.59 Å². The molecule has 0 aliphatic rings. The first-order chi connectivity index (χ1) is 18.5. The fraction of sp³-hybridized carbons (Fsp3) is 0.750. The fourth-order valence-corrected chi connectivity index (χ4v) is 7.33. The largest absolute Gasteiger partial charge is 0.466 e. The Morgan fingerprint density at radius 3 is 1.37 bits per heavy atom. The number of carbonyl (C=O) groups excluding carboxylic acids is 2. The first-order valence-corrected chi connectivity index (χ1v) is 17.8. The average molecular weight is 546 g/mol. The highest BCUT2D eigenvalue weighted by Gasteiger charge is 2.35. The summed E-state index contributed by atoms with van der Waals surface area (Å²) in [5, 5.41) is 1.05. The Labute approximate surface area is 236 Å². The van der Waals surface area contributed by atoms with E-state index >= 15 is 0 Å². The lowest BCUT2D eigenvalue weighted by Gasteiger charge is -2.23. The van der Waals surface area contributed by atoms with Gasteiger partial charge in [-0.2, -0.15) is 0 Å². The van der Waals surface area contributed by atoms with Crippen LogP contribution in [0.4, 0.5) is 0 Å². The SMILES string of the molecule is [B][P+](CCC(=O)OCCCCCCCCCC)(CCC(=O)OCCCCCCCCCC)c1ccccc1. The molecule has 0 N–H and O–H groups in total. The molecule has 0 aliphatic carbocycles. The van der Waals surface area contributed by atoms with E-state index in [1.165, 1.54) is 77.0 Å². The molecular weight excluding hydrogens is 490 g/mol. The third-order valence-corrected chi connectivity index (χ3v) is 10.6. The summed E-state index contributed by atoms with van der Waals surface area (Å²) < 4.78 is 11.0. The molecule has 214 valence electrons. The molecule has 2 radical (unpaired) electrons. The van der Waals surface area contributed by atoms with Crippen LogP contribution >= 0.6 is 7.14 Å². The number of hydrogen-bond acceptors (Lipinski definition) is 4. The van der Waals surface area contributed by atoms with Gasteiger partial charge in [0.2, 0.25) is 0 Å². The predicted octanol–water partition coefficient (Wildman–Crippen LogP) is 8.56. The maximum absolute atomic E-state index is 12.4. The summed E-state index contributed by atoms with van der Waals surface area (Å²) in [4.78, 5) is 24.8. The number of unbranched alkanes of at least 4 members (excludes halogenated alkanes) is 14. The minimum absolute atomic E-state index is 0.184. The molecular formula is C32H55BO4P+. The van der Waals surface area contributed by atoms with Gasteiger partial charge < -0.3 is 9.47 Å². The number of esters is 2. The molecule has 0 amide bonds. The molecule has 1 aromatic carbocycles. The third kappa shape index (κ3) is 18.0. The lowest BCUT2D eigenvalue weighted by molar-refractivity contribution is -0.144. The molecule has 0 saturated heterocycles. The van der Waals surface area contributed by atoms with Crippen LogP contribution in [0.5, 0.6) is 0 Å². The van der Waals surface area contributed by atoms with E-state index in [2.05, 4.69) is 13.8 Å². The Morgan fingerprint density at radius 1 is 0.605 bits per heavy atom. The topological polar surface area (TPSA) is 52.6 Å². The summed E-state index contributed by atoms with van der Waals surface area (Å²) in [7, 11) is 4.74. The molecule has 0 aliphatic heterocycles. The van der Waals surface area contributed by atoms with Gasteiger partial charge in [-0.1, -0.05) is 122 Å². The molecule has 6 heteroatoms. The van der Waals surface area contributed by atoms with Crippen LogP contribution in [0.2, 0.25) is 0 Å². The van der Waals surface area contributed by atoms with E-state index in [1.54, 1.807) is 0 Å². The van der Waals surface area contributed by atoms with E-state index in [0.29, 0.717) is 38.4 Å². The van der Waals surface area contributed by atoms with Crippen LogP contribution in [-0.2, 0) is 19.1 Å². The zero-order valence-corrected chi connectivity index (χ0v) is 25.5. The van der Waals surface area contributed by atoms with Crippen molar-refractivity contribution < 1.29 is 19.1 Å². The van der Waals surface area contributed by atoms with Gasteiger partial charge in [0.15, 0.2) is 0 Å². The highest BCUT2D eigenvalue weighted by Crippen LogP contribution is 2.53. The second kappa shape index (κ2) is 23.5. The molecule has 0 atom stereocenters. The summed E-state index contributed by atoms with van der Waals surface area (Å²) in [6, 6.07) is 9.94. The molecule has 0 spiro atoms. The van der Waals surface area contributed by atoms with Gasteiger partial charge in [-0.05, 0) is 32.1 Å². The number of benzene rings is 1. The molecule has 0 unspecified atom stereocenters. The summed E-state index contributed by atoms with van der Waals surface area (Å²) in [5.74, 6) is -0.369. The minimum Gasteiger partial charge on any atom is -0.466 e. The van der Waals surface area contributed by atoms with Gasteiger partial charge in [0.25, 0.3) is 0 Å². The highest BCUT2D eigenvalue weighted by atomic mass is 31.2. The van der Waals surface area contributed by atoms with Crippen molar-refractivity contribution in [3.05, 3.63) is 30.3 Å². The maximum atomic E-state index is 12.4. The van der Waals surface area contributed by atoms with Crippen LogP contribution < -0.4 is 5.30 Å². The zero-order chi connectivity index (χ0) is 27.7. The number of carbonyl (C=O) groups is 2. The first-order valence-electron chi connectivity index (χ1n) is 15.5. The van der Waals surface area contributed by atoms with E-state index in [-0.39, 0.29) is 11.9 Å². The van der Waals surface area contributed by atoms with Crippen LogP contribution in [-0.4, -0.2) is 45.0 Å². The Bertz CT molecular complexity index is 675. The van der Waals surface area contributed by atoms with Crippen molar-refractivity contribution in [2.24, 2.45) is 0 Å². The molecule has 0 bridgehead atoms. The van der Waals surface area contributed by atoms with Crippen molar-refractivity contribution >= 4 is 31.9 Å². The van der Waals surface area contributed by atoms with Crippen molar-refractivity contribution in [3.8, 4) is 0 Å². The highest BCUT2D eigenvalue weighted by molar-refractivity contribution is 8.03. The van der Waals surface area contributed by atoms with Gasteiger partial charge in [0.1, 0.15) is 0 Å². The quantitative estimate of drug-likeness (QED) is 0.0535. The summed E-state index contributed by atoms with van der Waals surface area (Å²) in [6.07, 6.45) is 21.2. The molecule has 0 aromatic heterocycles. The third-order valence-electron chi connectivity index (χ3n) is 7.22. The van der Waals surface area contributed by atoms with Crippen molar-refractivity contribution in [1.82, 2.24) is 0 Å². The van der Waals surface area contributed by atoms with Crippen LogP contribution in [0.3, 0.4) is 0 Å². The lowest BCUT2D eigenvalue weighted by Crippen LogP contribution is -2.22. The fourth-order valence-electron chi connectivity index (χ4n) is 4.66. The van der Waals surface area contributed by atoms with E-state index in [0.717, 1.165) is 31.0 Å². The lowest BCUT2D eigenvalue weighted by atomic mass is 10.1. The normalized spacial score (nSPS) is 11.4. The summed E-state index contributed by atoms with van der Waals surface area (Å²) >= 11 is 0. The molecule has 0 fully saturated rings. The van der Waals surface area contributed by atoms with Crippen molar-refractivity contribution in [3.63, 3.8) is 0 Å². The molecule has 0 heterocycles. The average Bonchev–Trinajstić information content (AvgIpc) is 2.93. The van der Waals surface area contributed by atoms with E-state index < -0.39 is 7.14 Å². The van der Waals surface area contributed by atoms with Crippen molar-refractivity contribution in [1.29, 1.82) is 0 Å². The van der Waals surface area contributed by atoms with Crippen molar-refractivity contribution in [2.45, 2.75) is 129 Å². The number of rotatable bonds is 25. The standard InChI is InChI=1S/C32H55BO4P/c1-3-5-7-9-11-13-15-20-26-36-31(34)24-28-38(33,30-22-18-17-19-23-30)29-25-32(35)37-27-21-16-14-12-10-8-6-4-2/h17-19,22-23H,3-16,20-21,24-29H2,1-2H3/q+1. The Morgan fingerprint density at radius 2 is 0.974 bits per heavy atom. The van der Waals surface area contributed by atoms with Gasteiger partial charge in [0, 0.05) is 0 Å². The molecule has 38 heavy (non-hydrogen) atoms. The maximum Gasteiger partial charge on any atom is 0.371 e. The van der Waals surface area contributed by atoms with Gasteiger partial charge in [-0.15, -0.1) is 0 Å². The Kier molecular flexibility index (Phi) is 21.5. The van der Waals surface area contributed by atoms with Gasteiger partial charge >= 0.3 is 19.5 Å². The second-order valence-electron chi connectivity index (χ2n) is 10.7. The number of ether oxygens (including phenoxy) is 2. The van der Waals surface area contributed by atoms with Gasteiger partial charge in [-0.25, -0.2) is 0 Å². The molecule has 1 rings (SSSR count). The smallest absolute Gasteiger partial charge is 0.371 e. The molecule has 4 nitrogen and oxygen atoms in total. The van der Waals surface area contributed by atoms with Crippen LogP contribution in [0.15, 0.2) is 30.3 Å². The predicted molar refractivity (Wildman–Crippen MR) is 165 cm³/mol. The number of hydrogen-bond donors (Lipinski definition) is 0. The van der Waals surface area contributed by atoms with Crippen LogP contribution in [0.25, 0.3) is 0 Å². The van der Waals surface area contributed by atoms with Crippen molar-refractivity contribution in [2.75, 3.05) is 25.5 Å². The summed E-state index contributed by atoms with van der Waals surface area (Å²) in [6.45, 7) is 5.44. The molecule has 0 saturated carbocycles. The Balaban J connectivity index is 2.31. The van der Waals surface area contributed by atoms with Crippen LogP contribution in [0.1, 0.15) is 129 Å². The van der Waals surface area contributed by atoms with Crippen LogP contribution in [0, 0.1) is 0 Å². The molecule has 1 aromatic rings. The Hall–Kier alpha value is -1.35.